The first-order valence-corrected chi connectivity index (χ1v) is 10.2. The maximum absolute atomic E-state index is 12.1. The van der Waals surface area contributed by atoms with Crippen molar-refractivity contribution in [3.05, 3.63) is 64.6 Å². The molecule has 32 heavy (non-hydrogen) atoms. The predicted molar refractivity (Wildman–Crippen MR) is 115 cm³/mol. The van der Waals surface area contributed by atoms with Gasteiger partial charge in [-0.25, -0.2) is 9.59 Å². The van der Waals surface area contributed by atoms with Crippen LogP contribution in [0.1, 0.15) is 34.1 Å². The molecule has 0 aliphatic heterocycles. The van der Waals surface area contributed by atoms with E-state index in [0.717, 1.165) is 17.8 Å². The van der Waals surface area contributed by atoms with Gasteiger partial charge in [-0.1, -0.05) is 12.1 Å². The number of carbonyl (C=O) groups excluding carboxylic acids is 3. The van der Waals surface area contributed by atoms with Crippen LogP contribution in [-0.2, 0) is 19.1 Å². The maximum Gasteiger partial charge on any atom is 0.344 e. The number of rotatable bonds is 11. The van der Waals surface area contributed by atoms with E-state index in [4.69, 9.17) is 19.3 Å². The molecule has 0 heterocycles. The van der Waals surface area contributed by atoms with Gasteiger partial charge in [-0.05, 0) is 42.8 Å². The van der Waals surface area contributed by atoms with E-state index in [2.05, 4.69) is 10.2 Å². The summed E-state index contributed by atoms with van der Waals surface area (Å²) in [5, 5.41) is 9.32. The van der Waals surface area contributed by atoms with E-state index in [1.807, 2.05) is 0 Å². The Labute approximate surface area is 188 Å². The van der Waals surface area contributed by atoms with Crippen molar-refractivity contribution in [2.75, 3.05) is 26.3 Å². The normalized spacial score (nSPS) is 9.59. The Balaban J connectivity index is 0.00000249. The van der Waals surface area contributed by atoms with Gasteiger partial charge in [0.15, 0.2) is 5.34 Å². The molecule has 0 amide bonds. The molecule has 0 fully saturated rings. The van der Waals surface area contributed by atoms with Crippen LogP contribution in [-0.4, -0.2) is 49.3 Å². The number of ether oxygens (including phenoxy) is 3. The highest BCUT2D eigenvalue weighted by Gasteiger charge is 2.16. The van der Waals surface area contributed by atoms with Crippen molar-refractivity contribution in [2.45, 2.75) is 18.2 Å². The van der Waals surface area contributed by atoms with E-state index in [1.165, 1.54) is 30.8 Å². The number of thioether (sulfide) groups is 1. The summed E-state index contributed by atoms with van der Waals surface area (Å²) >= 11 is 1.54. The Morgan fingerprint density at radius 2 is 1.62 bits per heavy atom. The van der Waals surface area contributed by atoms with Crippen molar-refractivity contribution in [1.29, 1.82) is 0 Å². The summed E-state index contributed by atoms with van der Waals surface area (Å²) in [6.45, 7) is 0.881. The zero-order valence-corrected chi connectivity index (χ0v) is 18.3. The minimum absolute atomic E-state index is 0.0412. The van der Waals surface area contributed by atoms with Crippen LogP contribution in [0.4, 0.5) is 0 Å². The fourth-order valence-corrected chi connectivity index (χ4v) is 3.04. The lowest BCUT2D eigenvalue weighted by atomic mass is 10.2. The predicted octanol–water partition coefficient (Wildman–Crippen LogP) is 3.37. The molecule has 0 unspecified atom stereocenters. The van der Waals surface area contributed by atoms with Crippen LogP contribution >= 0.6 is 11.8 Å². The van der Waals surface area contributed by atoms with Gasteiger partial charge in [-0.15, -0.1) is 16.7 Å². The Morgan fingerprint density at radius 3 is 2.28 bits per heavy atom. The molecule has 11 heteroatoms. The number of hydrogen-bond acceptors (Lipinski definition) is 11. The van der Waals surface area contributed by atoms with E-state index in [0.29, 0.717) is 12.0 Å². The van der Waals surface area contributed by atoms with E-state index < -0.39 is 24.7 Å². The molecule has 1 N–H and O–H groups in total. The fraction of sp³-hybridized carbons (Fsp3) is 0.286. The van der Waals surface area contributed by atoms with Crippen molar-refractivity contribution in [3.8, 4) is 5.75 Å². The van der Waals surface area contributed by atoms with Gasteiger partial charge in [0.1, 0.15) is 17.9 Å². The summed E-state index contributed by atoms with van der Waals surface area (Å²) in [6.07, 6.45) is 0.659. The minimum atomic E-state index is -0.792. The van der Waals surface area contributed by atoms with Crippen molar-refractivity contribution in [3.63, 3.8) is 0 Å². The van der Waals surface area contributed by atoms with Crippen molar-refractivity contribution in [1.82, 2.24) is 0 Å². The molecule has 0 bridgehead atoms. The van der Waals surface area contributed by atoms with Crippen LogP contribution < -0.4 is 4.74 Å². The third-order valence-electron chi connectivity index (χ3n) is 3.53. The van der Waals surface area contributed by atoms with Crippen LogP contribution in [0.2, 0.25) is 0 Å². The largest absolute Gasteiger partial charge is 0.426 e. The molecular formula is C21H23NO9S. The van der Waals surface area contributed by atoms with Crippen molar-refractivity contribution < 1.29 is 38.5 Å². The average molecular weight is 465 g/mol. The standard InChI is InChI=1S/C20H19NO8S.CH4O/c1-14(22)29-18-6-3-2-5-17(18)20(24)27-13-26-19(23)15-7-9-16(10-8-15)30-12-4-11-28-21-25;1-2/h2-3,5-10H,4,11-13H2,1H3;2H,1H3. The quantitative estimate of drug-likeness (QED) is 0.0999. The van der Waals surface area contributed by atoms with Crippen LogP contribution in [0.3, 0.4) is 0 Å². The first kappa shape index (κ1) is 26.6. The van der Waals surface area contributed by atoms with E-state index >= 15 is 0 Å². The van der Waals surface area contributed by atoms with Crippen molar-refractivity contribution >= 4 is 29.7 Å². The molecule has 0 atom stereocenters. The van der Waals surface area contributed by atoms with Gasteiger partial charge in [0.2, 0.25) is 6.79 Å². The number of nitrogens with zero attached hydrogens (tertiary/aromatic N) is 1. The van der Waals surface area contributed by atoms with Gasteiger partial charge >= 0.3 is 17.9 Å². The SMILES string of the molecule is CC(=O)Oc1ccccc1C(=O)OCOC(=O)c1ccc(SCCCON=O)cc1.CO. The molecule has 2 aromatic rings. The molecule has 0 saturated heterocycles. The molecule has 0 aromatic heterocycles. The number of carbonyl (C=O) groups is 3. The molecule has 2 rings (SSSR count). The smallest absolute Gasteiger partial charge is 0.344 e. The lowest BCUT2D eigenvalue weighted by Gasteiger charge is -2.09. The van der Waals surface area contributed by atoms with Crippen molar-refractivity contribution in [2.24, 2.45) is 5.34 Å². The summed E-state index contributed by atoms with van der Waals surface area (Å²) in [4.78, 5) is 50.4. The molecule has 0 saturated carbocycles. The third-order valence-corrected chi connectivity index (χ3v) is 4.63. The zero-order chi connectivity index (χ0) is 23.8. The van der Waals surface area contributed by atoms with Crippen LogP contribution in [0.5, 0.6) is 5.75 Å². The lowest BCUT2D eigenvalue weighted by molar-refractivity contribution is -0.131. The molecular weight excluding hydrogens is 442 g/mol. The topological polar surface area (TPSA) is 138 Å². The summed E-state index contributed by atoms with van der Waals surface area (Å²) in [7, 11) is 1.00. The molecule has 10 nitrogen and oxygen atoms in total. The number of hydrogen-bond donors (Lipinski definition) is 1. The number of para-hydroxylation sites is 1. The monoisotopic (exact) mass is 465 g/mol. The molecule has 0 aliphatic carbocycles. The Bertz CT molecular complexity index is 887. The summed E-state index contributed by atoms with van der Waals surface area (Å²) in [5.41, 5.74) is 0.337. The second kappa shape index (κ2) is 15.4. The van der Waals surface area contributed by atoms with E-state index in [1.54, 1.807) is 36.4 Å². The lowest BCUT2D eigenvalue weighted by Crippen LogP contribution is -2.14. The molecule has 2 aromatic carbocycles. The molecule has 0 radical (unpaired) electrons. The van der Waals surface area contributed by atoms with Gasteiger partial charge in [0.05, 0.1) is 5.56 Å². The van der Waals surface area contributed by atoms with E-state index in [-0.39, 0.29) is 17.9 Å². The summed E-state index contributed by atoms with van der Waals surface area (Å²) in [5.74, 6) is -1.24. The molecule has 0 aliphatic rings. The maximum atomic E-state index is 12.1. The second-order valence-electron chi connectivity index (χ2n) is 5.71. The number of aliphatic hydroxyl groups excluding tert-OH is 1. The Hall–Kier alpha value is -3.44. The van der Waals surface area contributed by atoms with E-state index in [9.17, 15) is 19.3 Å². The fourth-order valence-electron chi connectivity index (χ4n) is 2.21. The minimum Gasteiger partial charge on any atom is -0.426 e. The molecule has 172 valence electrons. The second-order valence-corrected chi connectivity index (χ2v) is 6.87. The van der Waals surface area contributed by atoms with Crippen LogP contribution in [0, 0.1) is 4.91 Å². The Morgan fingerprint density at radius 1 is 0.969 bits per heavy atom. The third kappa shape index (κ3) is 9.58. The number of esters is 3. The first-order valence-electron chi connectivity index (χ1n) is 9.25. The zero-order valence-electron chi connectivity index (χ0n) is 17.5. The highest BCUT2D eigenvalue weighted by Crippen LogP contribution is 2.20. The average Bonchev–Trinajstić information content (AvgIpc) is 2.80. The number of benzene rings is 2. The van der Waals surface area contributed by atoms with Crippen LogP contribution in [0.25, 0.3) is 0 Å². The van der Waals surface area contributed by atoms with Gasteiger partial charge in [-0.2, -0.15) is 0 Å². The van der Waals surface area contributed by atoms with Crippen LogP contribution in [0.15, 0.2) is 58.8 Å². The molecule has 0 spiro atoms. The summed E-state index contributed by atoms with van der Waals surface area (Å²) < 4.78 is 14.8. The first-order chi connectivity index (χ1) is 15.5. The highest BCUT2D eigenvalue weighted by atomic mass is 32.2. The highest BCUT2D eigenvalue weighted by molar-refractivity contribution is 7.99. The summed E-state index contributed by atoms with van der Waals surface area (Å²) in [6, 6.07) is 12.8. The van der Waals surface area contributed by atoms with Gasteiger partial charge in [0, 0.05) is 24.7 Å². The van der Waals surface area contributed by atoms with Gasteiger partial charge < -0.3 is 24.2 Å². The van der Waals surface area contributed by atoms with Gasteiger partial charge in [-0.3, -0.25) is 4.79 Å². The van der Waals surface area contributed by atoms with Gasteiger partial charge in [0.25, 0.3) is 0 Å². The number of aliphatic hydroxyl groups is 1. The Kier molecular flexibility index (Phi) is 12.8.